The predicted molar refractivity (Wildman–Crippen MR) is 137 cm³/mol. The Balaban J connectivity index is 1.64. The number of amides is 1. The van der Waals surface area contributed by atoms with Gasteiger partial charge in [0, 0.05) is 11.1 Å². The van der Waals surface area contributed by atoms with Gasteiger partial charge in [-0.25, -0.2) is 9.18 Å². The van der Waals surface area contributed by atoms with Gasteiger partial charge in [0.1, 0.15) is 5.69 Å². The van der Waals surface area contributed by atoms with Crippen LogP contribution in [0.2, 0.25) is 0 Å². The van der Waals surface area contributed by atoms with Gasteiger partial charge in [-0.1, -0.05) is 6.07 Å². The molecule has 0 aliphatic heterocycles. The SMILES string of the molecule is Cc1cc(C(/C=C\N)=NCc2ccc(C#N)cc2C(N)=O)cc(F)c1N=Nc1ccc2[nH]c(=O)[nH]c2c1. The standard InChI is InChI=1S/C26H21FN8O2/c1-14-8-17(21(6-7-28)31-13-16-3-2-15(12-29)9-19(16)25(30)36)10-20(27)24(14)35-34-18-4-5-22-23(11-18)33-26(37)32-22/h2-11H,13,28H2,1H3,(H2,30,36)(H2,32,33,37)/b7-6-,31-21?,35-34?. The first kappa shape index (κ1) is 24.7. The number of nitrogens with two attached hydrogens (primary N) is 2. The summed E-state index contributed by atoms with van der Waals surface area (Å²) in [6, 6.07) is 14.4. The number of carbonyl (C=O) groups excluding carboxylic acids is 1. The number of nitrogens with one attached hydrogen (secondary N) is 2. The minimum absolute atomic E-state index is 0.0468. The first-order valence-electron chi connectivity index (χ1n) is 11.0. The quantitative estimate of drug-likeness (QED) is 0.222. The number of H-pyrrole nitrogens is 2. The maximum atomic E-state index is 15.1. The highest BCUT2D eigenvalue weighted by Crippen LogP contribution is 2.28. The molecule has 11 heteroatoms. The van der Waals surface area contributed by atoms with Crippen molar-refractivity contribution in [2.75, 3.05) is 0 Å². The molecule has 37 heavy (non-hydrogen) atoms. The topological polar surface area (TPSA) is 179 Å². The van der Waals surface area contributed by atoms with Crippen molar-refractivity contribution in [3.05, 3.63) is 105 Å². The number of fused-ring (bicyclic) bond motifs is 1. The van der Waals surface area contributed by atoms with Crippen LogP contribution in [0.25, 0.3) is 11.0 Å². The van der Waals surface area contributed by atoms with Crippen LogP contribution in [-0.4, -0.2) is 21.6 Å². The summed E-state index contributed by atoms with van der Waals surface area (Å²) in [5.74, 6) is -1.30. The summed E-state index contributed by atoms with van der Waals surface area (Å²) < 4.78 is 15.1. The number of aliphatic imine (C=N–C) groups is 1. The number of hydrogen-bond donors (Lipinski definition) is 4. The summed E-state index contributed by atoms with van der Waals surface area (Å²) in [4.78, 5) is 33.0. The van der Waals surface area contributed by atoms with Crippen molar-refractivity contribution in [1.29, 1.82) is 5.26 Å². The third kappa shape index (κ3) is 5.49. The molecule has 1 heterocycles. The molecule has 184 valence electrons. The lowest BCUT2D eigenvalue weighted by atomic mass is 10.0. The summed E-state index contributed by atoms with van der Waals surface area (Å²) in [7, 11) is 0. The lowest BCUT2D eigenvalue weighted by Gasteiger charge is -2.09. The number of halogens is 1. The molecule has 0 saturated carbocycles. The molecular weight excluding hydrogens is 475 g/mol. The van der Waals surface area contributed by atoms with Crippen LogP contribution in [0.15, 0.2) is 80.8 Å². The molecule has 1 aromatic heterocycles. The van der Waals surface area contributed by atoms with E-state index in [-0.39, 0.29) is 23.5 Å². The van der Waals surface area contributed by atoms with Crippen LogP contribution in [0.5, 0.6) is 0 Å². The van der Waals surface area contributed by atoms with Crippen molar-refractivity contribution in [3.8, 4) is 6.07 Å². The zero-order chi connectivity index (χ0) is 26.5. The van der Waals surface area contributed by atoms with Gasteiger partial charge in [-0.15, -0.1) is 5.11 Å². The molecule has 0 spiro atoms. The highest BCUT2D eigenvalue weighted by Gasteiger charge is 2.13. The Labute approximate surface area is 209 Å². The summed E-state index contributed by atoms with van der Waals surface area (Å²) in [6.07, 6.45) is 2.78. The van der Waals surface area contributed by atoms with Crippen molar-refractivity contribution in [2.24, 2.45) is 26.7 Å². The minimum Gasteiger partial charge on any atom is -0.405 e. The van der Waals surface area contributed by atoms with Crippen molar-refractivity contribution >= 4 is 34.0 Å². The lowest BCUT2D eigenvalue weighted by molar-refractivity contribution is 0.0999. The fourth-order valence-corrected chi connectivity index (χ4v) is 3.72. The maximum absolute atomic E-state index is 15.1. The first-order valence-corrected chi connectivity index (χ1v) is 11.0. The lowest BCUT2D eigenvalue weighted by Crippen LogP contribution is -2.14. The number of primary amides is 1. The van der Waals surface area contributed by atoms with Crippen LogP contribution in [0.3, 0.4) is 0 Å². The van der Waals surface area contributed by atoms with E-state index in [1.165, 1.54) is 24.4 Å². The van der Waals surface area contributed by atoms with Crippen molar-refractivity contribution in [2.45, 2.75) is 13.5 Å². The molecule has 0 fully saturated rings. The van der Waals surface area contributed by atoms with Crippen LogP contribution in [0.4, 0.5) is 15.8 Å². The first-order chi connectivity index (χ1) is 17.8. The highest BCUT2D eigenvalue weighted by atomic mass is 19.1. The largest absolute Gasteiger partial charge is 0.405 e. The number of aromatic amines is 2. The zero-order valence-corrected chi connectivity index (χ0v) is 19.6. The fraction of sp³-hybridized carbons (Fsp3) is 0.0769. The van der Waals surface area contributed by atoms with Gasteiger partial charge in [-0.3, -0.25) is 9.79 Å². The molecule has 0 bridgehead atoms. The number of allylic oxidation sites excluding steroid dienone is 1. The minimum atomic E-state index is -0.683. The Hall–Kier alpha value is -5.37. The summed E-state index contributed by atoms with van der Waals surface area (Å²) >= 11 is 0. The van der Waals surface area contributed by atoms with Crippen molar-refractivity contribution < 1.29 is 9.18 Å². The molecule has 4 aromatic rings. The number of nitriles is 1. The predicted octanol–water partition coefficient (Wildman–Crippen LogP) is 4.15. The van der Waals surface area contributed by atoms with Gasteiger partial charge in [0.25, 0.3) is 0 Å². The summed E-state index contributed by atoms with van der Waals surface area (Å²) in [5.41, 5.74) is 14.7. The average molecular weight is 497 g/mol. The molecule has 0 unspecified atom stereocenters. The Morgan fingerprint density at radius 3 is 2.59 bits per heavy atom. The van der Waals surface area contributed by atoms with E-state index < -0.39 is 11.7 Å². The molecule has 6 N–H and O–H groups in total. The van der Waals surface area contributed by atoms with Crippen molar-refractivity contribution in [3.63, 3.8) is 0 Å². The van der Waals surface area contributed by atoms with Gasteiger partial charge in [-0.05, 0) is 72.8 Å². The third-order valence-electron chi connectivity index (χ3n) is 5.49. The summed E-state index contributed by atoms with van der Waals surface area (Å²) in [6.45, 7) is 1.73. The molecule has 0 atom stereocenters. The van der Waals surface area contributed by atoms with E-state index in [0.29, 0.717) is 44.7 Å². The number of aryl methyl sites for hydroxylation is 1. The fourth-order valence-electron chi connectivity index (χ4n) is 3.72. The van der Waals surface area contributed by atoms with E-state index in [9.17, 15) is 9.59 Å². The van der Waals surface area contributed by atoms with Crippen LogP contribution < -0.4 is 17.2 Å². The van der Waals surface area contributed by atoms with E-state index in [1.54, 1.807) is 43.3 Å². The second-order valence-electron chi connectivity index (χ2n) is 8.04. The van der Waals surface area contributed by atoms with Crippen LogP contribution in [-0.2, 0) is 6.54 Å². The molecule has 0 radical (unpaired) electrons. The van der Waals surface area contributed by atoms with Gasteiger partial charge < -0.3 is 21.4 Å². The number of aromatic nitrogens is 2. The average Bonchev–Trinajstić information content (AvgIpc) is 3.25. The second kappa shape index (κ2) is 10.5. The van der Waals surface area contributed by atoms with E-state index in [2.05, 4.69) is 25.2 Å². The van der Waals surface area contributed by atoms with Gasteiger partial charge in [0.15, 0.2) is 5.82 Å². The monoisotopic (exact) mass is 496 g/mol. The molecule has 3 aromatic carbocycles. The molecule has 0 aliphatic carbocycles. The molecule has 0 saturated heterocycles. The third-order valence-corrected chi connectivity index (χ3v) is 5.49. The van der Waals surface area contributed by atoms with E-state index in [0.717, 1.165) is 0 Å². The highest BCUT2D eigenvalue weighted by molar-refractivity contribution is 6.09. The number of carbonyl (C=O) groups is 1. The van der Waals surface area contributed by atoms with E-state index >= 15 is 4.39 Å². The summed E-state index contributed by atoms with van der Waals surface area (Å²) in [5, 5.41) is 17.2. The Morgan fingerprint density at radius 1 is 1.11 bits per heavy atom. The van der Waals surface area contributed by atoms with Gasteiger partial charge >= 0.3 is 5.69 Å². The van der Waals surface area contributed by atoms with E-state index in [1.807, 2.05) is 6.07 Å². The molecule has 1 amide bonds. The molecule has 4 rings (SSSR count). The van der Waals surface area contributed by atoms with E-state index in [4.69, 9.17) is 16.7 Å². The number of azo groups is 1. The van der Waals surface area contributed by atoms with Crippen LogP contribution >= 0.6 is 0 Å². The van der Waals surface area contributed by atoms with Crippen LogP contribution in [0.1, 0.15) is 32.6 Å². The Kier molecular flexibility index (Phi) is 7.02. The molecule has 0 aliphatic rings. The Bertz CT molecular complexity index is 1680. The number of nitrogens with zero attached hydrogens (tertiary/aromatic N) is 4. The van der Waals surface area contributed by atoms with Gasteiger partial charge in [0.2, 0.25) is 5.91 Å². The van der Waals surface area contributed by atoms with Gasteiger partial charge in [0.05, 0.1) is 40.6 Å². The zero-order valence-electron chi connectivity index (χ0n) is 19.6. The molecular formula is C26H21FN8O2. The maximum Gasteiger partial charge on any atom is 0.323 e. The Morgan fingerprint density at radius 2 is 1.89 bits per heavy atom. The number of rotatable bonds is 7. The second-order valence-corrected chi connectivity index (χ2v) is 8.04. The van der Waals surface area contributed by atoms with Gasteiger partial charge in [-0.2, -0.15) is 10.4 Å². The number of hydrogen-bond acceptors (Lipinski definition) is 7. The van der Waals surface area contributed by atoms with Crippen molar-refractivity contribution in [1.82, 2.24) is 9.97 Å². The van der Waals surface area contributed by atoms with Crippen LogP contribution in [0, 0.1) is 24.1 Å². The smallest absolute Gasteiger partial charge is 0.323 e. The molecule has 10 nitrogen and oxygen atoms in total. The normalized spacial score (nSPS) is 12.0. The number of benzene rings is 3. The number of imidazole rings is 1.